The normalized spacial score (nSPS) is 10.5. The minimum Gasteiger partial charge on any atom is -0.481 e. The maximum atomic E-state index is 13.4. The molecule has 0 spiro atoms. The molecular formula is C16H13F2N5O2. The monoisotopic (exact) mass is 345 g/mol. The number of anilines is 1. The fourth-order valence-corrected chi connectivity index (χ4v) is 2.08. The van der Waals surface area contributed by atoms with E-state index in [1.54, 1.807) is 23.0 Å². The lowest BCUT2D eigenvalue weighted by molar-refractivity contribution is -0.118. The van der Waals surface area contributed by atoms with Crippen LogP contribution in [-0.4, -0.2) is 32.0 Å². The van der Waals surface area contributed by atoms with Crippen LogP contribution in [0.1, 0.15) is 5.82 Å². The smallest absolute Gasteiger partial charge is 0.263 e. The molecule has 0 atom stereocenters. The highest BCUT2D eigenvalue weighted by atomic mass is 19.1. The van der Waals surface area contributed by atoms with Crippen molar-refractivity contribution in [2.75, 3.05) is 11.9 Å². The van der Waals surface area contributed by atoms with E-state index in [0.717, 1.165) is 18.0 Å². The van der Waals surface area contributed by atoms with Crippen molar-refractivity contribution < 1.29 is 18.3 Å². The SMILES string of the molecule is Cc1nccn1-c1cc(NC(=O)COc2ccc(F)cc2F)ncn1. The first-order valence-corrected chi connectivity index (χ1v) is 7.23. The molecule has 1 amide bonds. The van der Waals surface area contributed by atoms with E-state index in [-0.39, 0.29) is 11.6 Å². The molecule has 2 heterocycles. The van der Waals surface area contributed by atoms with Gasteiger partial charge in [-0.05, 0) is 19.1 Å². The number of hydrogen-bond acceptors (Lipinski definition) is 5. The Bertz CT molecular complexity index is 913. The van der Waals surface area contributed by atoms with Crippen molar-refractivity contribution in [3.8, 4) is 11.6 Å². The van der Waals surface area contributed by atoms with Gasteiger partial charge in [-0.25, -0.2) is 23.7 Å². The van der Waals surface area contributed by atoms with Gasteiger partial charge in [-0.1, -0.05) is 0 Å². The van der Waals surface area contributed by atoms with Crippen LogP contribution in [-0.2, 0) is 4.79 Å². The number of rotatable bonds is 5. The van der Waals surface area contributed by atoms with Crippen LogP contribution in [0.4, 0.5) is 14.6 Å². The number of nitrogens with one attached hydrogen (secondary N) is 1. The first-order valence-electron chi connectivity index (χ1n) is 7.23. The lowest BCUT2D eigenvalue weighted by Gasteiger charge is -2.09. The number of carbonyl (C=O) groups excluding carboxylic acids is 1. The summed E-state index contributed by atoms with van der Waals surface area (Å²) in [6, 6.07) is 4.39. The van der Waals surface area contributed by atoms with Crippen LogP contribution in [0, 0.1) is 18.6 Å². The van der Waals surface area contributed by atoms with Gasteiger partial charge in [0.1, 0.15) is 29.6 Å². The molecular weight excluding hydrogens is 332 g/mol. The van der Waals surface area contributed by atoms with Crippen molar-refractivity contribution >= 4 is 11.7 Å². The zero-order valence-electron chi connectivity index (χ0n) is 13.1. The van der Waals surface area contributed by atoms with Crippen LogP contribution >= 0.6 is 0 Å². The molecule has 1 aromatic carbocycles. The fraction of sp³-hybridized carbons (Fsp3) is 0.125. The lowest BCUT2D eigenvalue weighted by Crippen LogP contribution is -2.21. The molecule has 3 rings (SSSR count). The Balaban J connectivity index is 1.64. The predicted molar refractivity (Wildman–Crippen MR) is 84.4 cm³/mol. The predicted octanol–water partition coefficient (Wildman–Crippen LogP) is 2.27. The number of aryl methyl sites for hydroxylation is 1. The number of amides is 1. The van der Waals surface area contributed by atoms with E-state index in [1.165, 1.54) is 6.33 Å². The summed E-state index contributed by atoms with van der Waals surface area (Å²) in [4.78, 5) is 24.1. The first-order chi connectivity index (χ1) is 12.0. The topological polar surface area (TPSA) is 81.9 Å². The number of aromatic nitrogens is 4. The molecule has 0 saturated heterocycles. The highest BCUT2D eigenvalue weighted by molar-refractivity contribution is 5.91. The van der Waals surface area contributed by atoms with E-state index < -0.39 is 24.1 Å². The van der Waals surface area contributed by atoms with Crippen LogP contribution in [0.2, 0.25) is 0 Å². The second kappa shape index (κ2) is 7.04. The van der Waals surface area contributed by atoms with Crippen LogP contribution in [0.5, 0.6) is 5.75 Å². The molecule has 25 heavy (non-hydrogen) atoms. The molecule has 3 aromatic rings. The number of halogens is 2. The molecule has 9 heteroatoms. The number of hydrogen-bond donors (Lipinski definition) is 1. The number of carbonyl (C=O) groups is 1. The summed E-state index contributed by atoms with van der Waals surface area (Å²) >= 11 is 0. The molecule has 0 aliphatic carbocycles. The second-order valence-electron chi connectivity index (χ2n) is 5.02. The molecule has 0 aliphatic heterocycles. The summed E-state index contributed by atoms with van der Waals surface area (Å²) in [6.45, 7) is 1.36. The van der Waals surface area contributed by atoms with Gasteiger partial charge in [0.2, 0.25) is 0 Å². The Kier molecular flexibility index (Phi) is 4.64. The molecule has 7 nitrogen and oxygen atoms in total. The molecule has 0 unspecified atom stereocenters. The Labute approximate surface area is 141 Å². The first kappa shape index (κ1) is 16.5. The van der Waals surface area contributed by atoms with E-state index in [2.05, 4.69) is 20.3 Å². The number of nitrogens with zero attached hydrogens (tertiary/aromatic N) is 4. The molecule has 1 N–H and O–H groups in total. The third-order valence-corrected chi connectivity index (χ3v) is 3.25. The molecule has 0 bridgehead atoms. The van der Waals surface area contributed by atoms with Gasteiger partial charge in [-0.3, -0.25) is 9.36 Å². The van der Waals surface area contributed by atoms with Crippen molar-refractivity contribution in [2.45, 2.75) is 6.92 Å². The zero-order valence-corrected chi connectivity index (χ0v) is 13.1. The van der Waals surface area contributed by atoms with Crippen LogP contribution in [0.15, 0.2) is 43.0 Å². The Morgan fingerprint density at radius 1 is 1.24 bits per heavy atom. The molecule has 2 aromatic heterocycles. The molecule has 0 saturated carbocycles. The molecule has 0 radical (unpaired) electrons. The van der Waals surface area contributed by atoms with E-state index in [4.69, 9.17) is 4.74 Å². The van der Waals surface area contributed by atoms with Crippen LogP contribution in [0.25, 0.3) is 5.82 Å². The van der Waals surface area contributed by atoms with E-state index in [1.807, 2.05) is 6.92 Å². The van der Waals surface area contributed by atoms with Gasteiger partial charge in [-0.15, -0.1) is 0 Å². The Hall–Kier alpha value is -3.36. The van der Waals surface area contributed by atoms with Crippen molar-refractivity contribution in [1.82, 2.24) is 19.5 Å². The van der Waals surface area contributed by atoms with E-state index >= 15 is 0 Å². The molecule has 0 aliphatic rings. The zero-order chi connectivity index (χ0) is 17.8. The number of benzene rings is 1. The summed E-state index contributed by atoms with van der Waals surface area (Å²) in [5.74, 6) is -0.849. The summed E-state index contributed by atoms with van der Waals surface area (Å²) in [5, 5.41) is 2.52. The van der Waals surface area contributed by atoms with Gasteiger partial charge in [0, 0.05) is 24.5 Å². The molecule has 128 valence electrons. The average molecular weight is 345 g/mol. The minimum absolute atomic E-state index is 0.214. The summed E-state index contributed by atoms with van der Waals surface area (Å²) in [5.41, 5.74) is 0. The number of imidazole rings is 1. The summed E-state index contributed by atoms with van der Waals surface area (Å²) < 4.78 is 33.0. The van der Waals surface area contributed by atoms with Gasteiger partial charge in [-0.2, -0.15) is 0 Å². The highest BCUT2D eigenvalue weighted by Gasteiger charge is 2.10. The maximum Gasteiger partial charge on any atom is 0.263 e. The van der Waals surface area contributed by atoms with Gasteiger partial charge in [0.25, 0.3) is 5.91 Å². The summed E-state index contributed by atoms with van der Waals surface area (Å²) in [6.07, 6.45) is 4.65. The van der Waals surface area contributed by atoms with E-state index in [9.17, 15) is 13.6 Å². The standard InChI is InChI=1S/C16H13F2N5O2/c1-10-19-4-5-23(10)15-7-14(20-9-21-15)22-16(24)8-25-13-3-2-11(17)6-12(13)18/h2-7,9H,8H2,1H3,(H,20,21,22,24). The quantitative estimate of drug-likeness (QED) is 0.767. The minimum atomic E-state index is -0.882. The Morgan fingerprint density at radius 2 is 2.08 bits per heavy atom. The second-order valence-corrected chi connectivity index (χ2v) is 5.02. The van der Waals surface area contributed by atoms with Gasteiger partial charge in [0.05, 0.1) is 0 Å². The van der Waals surface area contributed by atoms with E-state index in [0.29, 0.717) is 11.9 Å². The Morgan fingerprint density at radius 3 is 2.80 bits per heavy atom. The summed E-state index contributed by atoms with van der Waals surface area (Å²) in [7, 11) is 0. The third-order valence-electron chi connectivity index (χ3n) is 3.25. The van der Waals surface area contributed by atoms with Gasteiger partial charge < -0.3 is 10.1 Å². The largest absolute Gasteiger partial charge is 0.481 e. The number of ether oxygens (including phenoxy) is 1. The molecule has 0 fully saturated rings. The van der Waals surface area contributed by atoms with Crippen molar-refractivity contribution in [3.05, 3.63) is 60.4 Å². The average Bonchev–Trinajstić information content (AvgIpc) is 3.00. The van der Waals surface area contributed by atoms with Crippen LogP contribution in [0.3, 0.4) is 0 Å². The van der Waals surface area contributed by atoms with Crippen molar-refractivity contribution in [1.29, 1.82) is 0 Å². The van der Waals surface area contributed by atoms with Crippen LogP contribution < -0.4 is 10.1 Å². The third kappa shape index (κ3) is 3.94. The van der Waals surface area contributed by atoms with Crippen molar-refractivity contribution in [2.24, 2.45) is 0 Å². The van der Waals surface area contributed by atoms with Crippen molar-refractivity contribution in [3.63, 3.8) is 0 Å². The highest BCUT2D eigenvalue weighted by Crippen LogP contribution is 2.17. The lowest BCUT2D eigenvalue weighted by atomic mass is 10.3. The van der Waals surface area contributed by atoms with Gasteiger partial charge >= 0.3 is 0 Å². The maximum absolute atomic E-state index is 13.4. The van der Waals surface area contributed by atoms with Gasteiger partial charge in [0.15, 0.2) is 18.2 Å². The fourth-order valence-electron chi connectivity index (χ4n) is 2.08.